The average molecular weight is 501 g/mol. The third-order valence-electron chi connectivity index (χ3n) is 6.77. The van der Waals surface area contributed by atoms with E-state index in [1.165, 1.54) is 6.92 Å². The van der Waals surface area contributed by atoms with E-state index in [0.717, 1.165) is 40.7 Å². The Bertz CT molecular complexity index is 1000. The maximum atomic E-state index is 11.7. The smallest absolute Gasteiger partial charge is 0.303 e. The molecular weight excluding hydrogens is 456 g/mol. The van der Waals surface area contributed by atoms with Crippen LogP contribution in [-0.4, -0.2) is 47.2 Å². The van der Waals surface area contributed by atoms with E-state index < -0.39 is 11.7 Å². The van der Waals surface area contributed by atoms with Crippen LogP contribution in [0.15, 0.2) is 47.1 Å². The molecule has 0 saturated carbocycles. The molecule has 0 aliphatic carbocycles. The number of hydrogen-bond donors (Lipinski definition) is 2. The van der Waals surface area contributed by atoms with Crippen molar-refractivity contribution in [3.05, 3.63) is 58.2 Å². The number of aliphatic hydroxyl groups is 1. The van der Waals surface area contributed by atoms with Crippen molar-refractivity contribution < 1.29 is 29.2 Å². The summed E-state index contributed by atoms with van der Waals surface area (Å²) < 4.78 is 16.9. The summed E-state index contributed by atoms with van der Waals surface area (Å²) >= 11 is 0. The third kappa shape index (κ3) is 8.82. The molecule has 6 heteroatoms. The predicted octanol–water partition coefficient (Wildman–Crippen LogP) is 6.12. The number of aliphatic hydroxyl groups excluding tert-OH is 1. The van der Waals surface area contributed by atoms with Crippen molar-refractivity contribution in [2.75, 3.05) is 7.11 Å². The van der Waals surface area contributed by atoms with Gasteiger partial charge in [0.25, 0.3) is 0 Å². The topological polar surface area (TPSA) is 85.2 Å². The molecule has 1 fully saturated rings. The minimum atomic E-state index is -0.512. The van der Waals surface area contributed by atoms with Crippen LogP contribution in [0, 0.1) is 6.92 Å². The molecule has 2 N–H and O–H groups in total. The van der Waals surface area contributed by atoms with Crippen molar-refractivity contribution in [2.45, 2.75) is 104 Å². The number of carbonyl (C=O) groups excluding carboxylic acids is 1. The zero-order valence-corrected chi connectivity index (χ0v) is 23.2. The Labute approximate surface area is 216 Å². The molecule has 0 aromatic heterocycles. The number of ether oxygens (including phenoxy) is 3. The van der Waals surface area contributed by atoms with Gasteiger partial charge in [0, 0.05) is 25.3 Å². The van der Waals surface area contributed by atoms with Gasteiger partial charge in [0.2, 0.25) is 0 Å². The Balaban J connectivity index is 2.00. The van der Waals surface area contributed by atoms with Gasteiger partial charge in [-0.15, -0.1) is 0 Å². The molecule has 3 atom stereocenters. The van der Waals surface area contributed by atoms with Gasteiger partial charge in [0.05, 0.1) is 24.9 Å². The van der Waals surface area contributed by atoms with Gasteiger partial charge in [0.15, 0.2) is 0 Å². The van der Waals surface area contributed by atoms with E-state index in [-0.39, 0.29) is 23.9 Å². The fourth-order valence-electron chi connectivity index (χ4n) is 4.44. The van der Waals surface area contributed by atoms with E-state index in [9.17, 15) is 15.0 Å². The third-order valence-corrected chi connectivity index (χ3v) is 6.77. The lowest BCUT2D eigenvalue weighted by Crippen LogP contribution is -2.31. The molecule has 3 unspecified atom stereocenters. The van der Waals surface area contributed by atoms with Gasteiger partial charge < -0.3 is 24.4 Å². The van der Waals surface area contributed by atoms with Gasteiger partial charge in [-0.25, -0.2) is 0 Å². The van der Waals surface area contributed by atoms with E-state index in [1.807, 2.05) is 39.8 Å². The number of aromatic hydroxyl groups is 1. The highest BCUT2D eigenvalue weighted by Crippen LogP contribution is 2.33. The van der Waals surface area contributed by atoms with Crippen molar-refractivity contribution in [1.82, 2.24) is 0 Å². The van der Waals surface area contributed by atoms with Crippen LogP contribution in [0.2, 0.25) is 0 Å². The Morgan fingerprint density at radius 3 is 2.47 bits per heavy atom. The molecule has 1 aliphatic heterocycles. The molecule has 2 rings (SSSR count). The van der Waals surface area contributed by atoms with E-state index in [4.69, 9.17) is 14.2 Å². The molecule has 200 valence electrons. The molecule has 1 heterocycles. The number of phenols is 1. The van der Waals surface area contributed by atoms with Crippen molar-refractivity contribution >= 4 is 5.97 Å². The first-order valence-corrected chi connectivity index (χ1v) is 12.7. The number of phenolic OH excluding ortho intramolecular Hbond substituents is 1. The van der Waals surface area contributed by atoms with Crippen LogP contribution in [0.4, 0.5) is 0 Å². The largest absolute Gasteiger partial charge is 0.507 e. The van der Waals surface area contributed by atoms with Crippen LogP contribution >= 0.6 is 0 Å². The molecule has 1 aliphatic rings. The van der Waals surface area contributed by atoms with Gasteiger partial charge in [-0.2, -0.15) is 0 Å². The number of carbonyl (C=O) groups is 1. The number of aryl methyl sites for hydroxylation is 1. The Morgan fingerprint density at radius 1 is 1.19 bits per heavy atom. The minimum Gasteiger partial charge on any atom is -0.507 e. The molecule has 1 aromatic carbocycles. The quantitative estimate of drug-likeness (QED) is 0.281. The van der Waals surface area contributed by atoms with Crippen LogP contribution in [0.5, 0.6) is 11.5 Å². The molecule has 0 amide bonds. The lowest BCUT2D eigenvalue weighted by molar-refractivity contribution is -0.144. The second-order valence-corrected chi connectivity index (χ2v) is 10.5. The molecule has 6 nitrogen and oxygen atoms in total. The summed E-state index contributed by atoms with van der Waals surface area (Å²) in [6.07, 6.45) is 8.85. The van der Waals surface area contributed by atoms with Crippen molar-refractivity contribution in [2.24, 2.45) is 0 Å². The van der Waals surface area contributed by atoms with Crippen LogP contribution in [0.3, 0.4) is 0 Å². The normalized spacial score (nSPS) is 21.4. The summed E-state index contributed by atoms with van der Waals surface area (Å²) in [6.45, 7) is 13.2. The van der Waals surface area contributed by atoms with Crippen LogP contribution in [-0.2, 0) is 20.7 Å². The minimum absolute atomic E-state index is 0.0475. The summed E-state index contributed by atoms with van der Waals surface area (Å²) in [4.78, 5) is 11.7. The molecule has 1 aromatic rings. The SMILES string of the molecule is COc1cc(C)c(O)c(CC=C(C)CC(C=C(C)CCC=C(C)C2CC(O)C(C)(C)O2)OC(C)=O)c1. The van der Waals surface area contributed by atoms with Gasteiger partial charge in [-0.05, 0) is 90.2 Å². The molecule has 36 heavy (non-hydrogen) atoms. The van der Waals surface area contributed by atoms with Crippen LogP contribution in [0.1, 0.15) is 78.4 Å². The van der Waals surface area contributed by atoms with Crippen LogP contribution < -0.4 is 4.74 Å². The fourth-order valence-corrected chi connectivity index (χ4v) is 4.44. The summed E-state index contributed by atoms with van der Waals surface area (Å²) in [7, 11) is 1.61. The standard InChI is InChI=1S/C30H44O6/c1-19(10-9-11-21(3)27-18-28(32)30(6,7)36-27)14-26(35-23(5)31)15-20(2)12-13-24-17-25(34-8)16-22(4)29(24)33/h11-12,14,16-17,26-28,32-33H,9-10,13,15,18H2,1-8H3. The predicted molar refractivity (Wildman–Crippen MR) is 143 cm³/mol. The monoisotopic (exact) mass is 500 g/mol. The van der Waals surface area contributed by atoms with Crippen LogP contribution in [0.25, 0.3) is 0 Å². The summed E-state index contributed by atoms with van der Waals surface area (Å²) in [6, 6.07) is 3.65. The first-order valence-electron chi connectivity index (χ1n) is 12.7. The Hall–Kier alpha value is -2.57. The Kier molecular flexibility index (Phi) is 10.8. The zero-order chi connectivity index (χ0) is 27.0. The highest BCUT2D eigenvalue weighted by Gasteiger charge is 2.40. The number of allylic oxidation sites excluding steroid dienone is 3. The second-order valence-electron chi connectivity index (χ2n) is 10.5. The van der Waals surface area contributed by atoms with Gasteiger partial charge in [-0.3, -0.25) is 4.79 Å². The number of esters is 1. The highest BCUT2D eigenvalue weighted by atomic mass is 16.5. The van der Waals surface area contributed by atoms with Crippen molar-refractivity contribution in [3.8, 4) is 11.5 Å². The lowest BCUT2D eigenvalue weighted by Gasteiger charge is -2.22. The second kappa shape index (κ2) is 13.1. The average Bonchev–Trinajstić information content (AvgIpc) is 3.06. The summed E-state index contributed by atoms with van der Waals surface area (Å²) in [5.41, 5.74) is 4.41. The molecule has 0 bridgehead atoms. The molecule has 1 saturated heterocycles. The molecular formula is C30H44O6. The van der Waals surface area contributed by atoms with Gasteiger partial charge in [0.1, 0.15) is 17.6 Å². The molecule has 0 radical (unpaired) electrons. The van der Waals surface area contributed by atoms with E-state index in [1.54, 1.807) is 13.2 Å². The van der Waals surface area contributed by atoms with E-state index in [2.05, 4.69) is 26.0 Å². The maximum Gasteiger partial charge on any atom is 0.303 e. The highest BCUT2D eigenvalue weighted by molar-refractivity contribution is 5.66. The number of benzene rings is 1. The number of methoxy groups -OCH3 is 1. The summed E-state index contributed by atoms with van der Waals surface area (Å²) in [5.74, 6) is 0.677. The zero-order valence-electron chi connectivity index (χ0n) is 23.2. The Morgan fingerprint density at radius 2 is 1.89 bits per heavy atom. The number of hydrogen-bond acceptors (Lipinski definition) is 6. The first kappa shape index (κ1) is 29.7. The first-order chi connectivity index (χ1) is 16.8. The molecule has 0 spiro atoms. The van der Waals surface area contributed by atoms with E-state index >= 15 is 0 Å². The van der Waals surface area contributed by atoms with Gasteiger partial charge in [-0.1, -0.05) is 23.3 Å². The lowest BCUT2D eigenvalue weighted by atomic mass is 9.98. The van der Waals surface area contributed by atoms with Crippen molar-refractivity contribution in [3.63, 3.8) is 0 Å². The van der Waals surface area contributed by atoms with E-state index in [0.29, 0.717) is 25.0 Å². The van der Waals surface area contributed by atoms with Crippen molar-refractivity contribution in [1.29, 1.82) is 0 Å². The summed E-state index contributed by atoms with van der Waals surface area (Å²) in [5, 5.41) is 20.6. The van der Waals surface area contributed by atoms with Gasteiger partial charge >= 0.3 is 5.97 Å². The fraction of sp³-hybridized carbons (Fsp3) is 0.567. The maximum absolute atomic E-state index is 11.7. The number of rotatable bonds is 11.